The molecule has 0 unspecified atom stereocenters. The Morgan fingerprint density at radius 3 is 2.21 bits per heavy atom. The zero-order valence-corrected chi connectivity index (χ0v) is 15.6. The third kappa shape index (κ3) is 2.77. The Morgan fingerprint density at radius 2 is 1.46 bits per heavy atom. The van der Waals surface area contributed by atoms with Crippen molar-refractivity contribution in [3.8, 4) is 34.3 Å². The van der Waals surface area contributed by atoms with Gasteiger partial charge >= 0.3 is 0 Å². The maximum atomic E-state index is 5.88. The molecule has 5 heteroatoms. The molecule has 0 aliphatic carbocycles. The monoisotopic (exact) mass is 366 g/mol. The number of aryl methyl sites for hydroxylation is 2. The molecule has 3 aromatic carbocycles. The van der Waals surface area contributed by atoms with Crippen LogP contribution in [0.25, 0.3) is 45.3 Å². The number of hydrogen-bond acceptors (Lipinski definition) is 4. The van der Waals surface area contributed by atoms with Crippen LogP contribution < -0.4 is 0 Å². The summed E-state index contributed by atoms with van der Waals surface area (Å²) in [7, 11) is 0. The van der Waals surface area contributed by atoms with Crippen molar-refractivity contribution < 1.29 is 4.42 Å². The van der Waals surface area contributed by atoms with Crippen molar-refractivity contribution in [1.29, 1.82) is 0 Å². The van der Waals surface area contributed by atoms with Gasteiger partial charge in [-0.25, -0.2) is 4.98 Å². The molecule has 0 spiro atoms. The molecule has 0 aliphatic rings. The second-order valence-corrected chi connectivity index (χ2v) is 6.86. The summed E-state index contributed by atoms with van der Waals surface area (Å²) in [6.45, 7) is 4.20. The maximum absolute atomic E-state index is 5.88. The van der Waals surface area contributed by atoms with E-state index in [1.165, 1.54) is 11.1 Å². The predicted molar refractivity (Wildman–Crippen MR) is 110 cm³/mol. The lowest BCUT2D eigenvalue weighted by Gasteiger charge is -2.05. The summed E-state index contributed by atoms with van der Waals surface area (Å²) in [6, 6.07) is 22.0. The maximum Gasteiger partial charge on any atom is 0.248 e. The van der Waals surface area contributed by atoms with E-state index >= 15 is 0 Å². The number of rotatable bonds is 3. The molecule has 2 aromatic heterocycles. The summed E-state index contributed by atoms with van der Waals surface area (Å²) < 4.78 is 5.88. The van der Waals surface area contributed by atoms with Gasteiger partial charge in [0.15, 0.2) is 0 Å². The topological polar surface area (TPSA) is 67.6 Å². The van der Waals surface area contributed by atoms with E-state index in [0.717, 1.165) is 33.5 Å². The van der Waals surface area contributed by atoms with E-state index in [1.54, 1.807) is 0 Å². The lowest BCUT2D eigenvalue weighted by Crippen LogP contribution is -1.89. The summed E-state index contributed by atoms with van der Waals surface area (Å²) in [4.78, 5) is 8.21. The fourth-order valence-electron chi connectivity index (χ4n) is 3.49. The number of aromatic nitrogens is 4. The second-order valence-electron chi connectivity index (χ2n) is 6.86. The Bertz CT molecular complexity index is 1260. The molecule has 5 nitrogen and oxygen atoms in total. The highest BCUT2D eigenvalue weighted by Crippen LogP contribution is 2.29. The van der Waals surface area contributed by atoms with Crippen LogP contribution in [0.3, 0.4) is 0 Å². The third-order valence-corrected chi connectivity index (χ3v) is 4.89. The van der Waals surface area contributed by atoms with Crippen molar-refractivity contribution in [2.24, 2.45) is 0 Å². The fourth-order valence-corrected chi connectivity index (χ4v) is 3.49. The number of aromatic amines is 1. The molecule has 136 valence electrons. The van der Waals surface area contributed by atoms with E-state index in [2.05, 4.69) is 47.2 Å². The molecule has 0 bridgehead atoms. The van der Waals surface area contributed by atoms with Crippen molar-refractivity contribution in [3.63, 3.8) is 0 Å². The van der Waals surface area contributed by atoms with Gasteiger partial charge in [0.2, 0.25) is 11.8 Å². The minimum absolute atomic E-state index is 0.490. The van der Waals surface area contributed by atoms with Gasteiger partial charge in [0.05, 0.1) is 11.0 Å². The van der Waals surface area contributed by atoms with Crippen LogP contribution in [0.15, 0.2) is 71.1 Å². The van der Waals surface area contributed by atoms with Crippen LogP contribution in [0.5, 0.6) is 0 Å². The van der Waals surface area contributed by atoms with Crippen molar-refractivity contribution in [3.05, 3.63) is 77.9 Å². The van der Waals surface area contributed by atoms with Crippen molar-refractivity contribution >= 4 is 11.0 Å². The first-order valence-corrected chi connectivity index (χ1v) is 9.15. The van der Waals surface area contributed by atoms with Gasteiger partial charge in [-0.15, -0.1) is 10.2 Å². The predicted octanol–water partition coefficient (Wildman–Crippen LogP) is 5.56. The molecule has 0 atom stereocenters. The van der Waals surface area contributed by atoms with Gasteiger partial charge in [0, 0.05) is 16.7 Å². The Balaban J connectivity index is 1.55. The molecule has 2 heterocycles. The van der Waals surface area contributed by atoms with Crippen molar-refractivity contribution in [2.45, 2.75) is 13.8 Å². The van der Waals surface area contributed by atoms with Crippen LogP contribution >= 0.6 is 0 Å². The van der Waals surface area contributed by atoms with E-state index in [9.17, 15) is 0 Å². The SMILES string of the molecule is Cc1cccc(C)c1-c1nc2ccc(-c3nnc(-c4ccccc4)o3)cc2[nH]1. The molecule has 5 rings (SSSR count). The number of hydrogen-bond donors (Lipinski definition) is 1. The number of nitrogens with zero attached hydrogens (tertiary/aromatic N) is 3. The van der Waals surface area contributed by atoms with Gasteiger partial charge in [-0.2, -0.15) is 0 Å². The van der Waals surface area contributed by atoms with Crippen LogP contribution in [0.4, 0.5) is 0 Å². The van der Waals surface area contributed by atoms with Crippen LogP contribution in [-0.4, -0.2) is 20.2 Å². The van der Waals surface area contributed by atoms with Crippen molar-refractivity contribution in [2.75, 3.05) is 0 Å². The van der Waals surface area contributed by atoms with E-state index in [-0.39, 0.29) is 0 Å². The average Bonchev–Trinajstić information content (AvgIpc) is 3.35. The van der Waals surface area contributed by atoms with E-state index in [0.29, 0.717) is 11.8 Å². The Morgan fingerprint density at radius 1 is 0.750 bits per heavy atom. The number of imidazole rings is 1. The van der Waals surface area contributed by atoms with Crippen LogP contribution in [0.1, 0.15) is 11.1 Å². The lowest BCUT2D eigenvalue weighted by atomic mass is 10.0. The highest BCUT2D eigenvalue weighted by atomic mass is 16.4. The van der Waals surface area contributed by atoms with Gasteiger partial charge in [-0.3, -0.25) is 0 Å². The first-order chi connectivity index (χ1) is 13.7. The highest BCUT2D eigenvalue weighted by molar-refractivity contribution is 5.84. The molecule has 0 amide bonds. The largest absolute Gasteiger partial charge is 0.416 e. The third-order valence-electron chi connectivity index (χ3n) is 4.89. The minimum atomic E-state index is 0.490. The number of benzene rings is 3. The van der Waals surface area contributed by atoms with Crippen LogP contribution in [0.2, 0.25) is 0 Å². The van der Waals surface area contributed by atoms with Crippen LogP contribution in [-0.2, 0) is 0 Å². The Kier molecular flexibility index (Phi) is 3.79. The Hall–Kier alpha value is -3.73. The first-order valence-electron chi connectivity index (χ1n) is 9.15. The molecule has 0 radical (unpaired) electrons. The highest BCUT2D eigenvalue weighted by Gasteiger charge is 2.14. The molecule has 28 heavy (non-hydrogen) atoms. The van der Waals surface area contributed by atoms with Gasteiger partial charge in [-0.1, -0.05) is 36.4 Å². The number of nitrogens with one attached hydrogen (secondary N) is 1. The van der Waals surface area contributed by atoms with Gasteiger partial charge in [0.1, 0.15) is 5.82 Å². The lowest BCUT2D eigenvalue weighted by molar-refractivity contribution is 0.584. The molecule has 5 aromatic rings. The van der Waals surface area contributed by atoms with Gasteiger partial charge in [-0.05, 0) is 55.3 Å². The minimum Gasteiger partial charge on any atom is -0.416 e. The molecule has 0 saturated carbocycles. The summed E-state index contributed by atoms with van der Waals surface area (Å²) in [5.41, 5.74) is 7.15. The summed E-state index contributed by atoms with van der Waals surface area (Å²) >= 11 is 0. The normalized spacial score (nSPS) is 11.2. The number of H-pyrrole nitrogens is 1. The first kappa shape index (κ1) is 16.4. The standard InChI is InChI=1S/C23H18N4O/c1-14-7-6-8-15(2)20(14)21-24-18-12-11-17(13-19(18)25-21)23-27-26-22(28-23)16-9-4-3-5-10-16/h3-13H,1-2H3,(H,24,25). The van der Waals surface area contributed by atoms with E-state index in [1.807, 2.05) is 48.5 Å². The molecule has 0 fully saturated rings. The van der Waals surface area contributed by atoms with Gasteiger partial charge in [0.25, 0.3) is 0 Å². The van der Waals surface area contributed by atoms with Crippen LogP contribution in [0, 0.1) is 13.8 Å². The quantitative estimate of drug-likeness (QED) is 0.454. The summed E-state index contributed by atoms with van der Waals surface area (Å²) in [5, 5.41) is 8.39. The van der Waals surface area contributed by atoms with E-state index < -0.39 is 0 Å². The smallest absolute Gasteiger partial charge is 0.248 e. The zero-order valence-electron chi connectivity index (χ0n) is 15.6. The molecule has 0 saturated heterocycles. The zero-order chi connectivity index (χ0) is 19.1. The second kappa shape index (κ2) is 6.46. The van der Waals surface area contributed by atoms with E-state index in [4.69, 9.17) is 9.40 Å². The summed E-state index contributed by atoms with van der Waals surface area (Å²) in [6.07, 6.45) is 0. The molecular formula is C23H18N4O. The fraction of sp³-hybridized carbons (Fsp3) is 0.0870. The molecule has 0 aliphatic heterocycles. The average molecular weight is 366 g/mol. The molecule has 1 N–H and O–H groups in total. The van der Waals surface area contributed by atoms with Gasteiger partial charge < -0.3 is 9.40 Å². The summed E-state index contributed by atoms with van der Waals surface area (Å²) in [5.74, 6) is 1.87. The number of fused-ring (bicyclic) bond motifs is 1. The van der Waals surface area contributed by atoms with Crippen molar-refractivity contribution in [1.82, 2.24) is 20.2 Å². The Labute approximate surface area is 162 Å². The molecular weight excluding hydrogens is 348 g/mol.